The van der Waals surface area contributed by atoms with Crippen molar-refractivity contribution >= 4 is 11.9 Å². The highest BCUT2D eigenvalue weighted by Crippen LogP contribution is 2.23. The van der Waals surface area contributed by atoms with E-state index in [-0.39, 0.29) is 11.9 Å². The third kappa shape index (κ3) is 5.60. The van der Waals surface area contributed by atoms with Crippen LogP contribution in [0.25, 0.3) is 0 Å². The summed E-state index contributed by atoms with van der Waals surface area (Å²) in [7, 11) is 0. The van der Waals surface area contributed by atoms with Crippen molar-refractivity contribution in [3.05, 3.63) is 0 Å². The molecule has 2 heterocycles. The molecule has 0 unspecified atom stereocenters. The molecule has 0 aromatic carbocycles. The van der Waals surface area contributed by atoms with Gasteiger partial charge >= 0.3 is 6.03 Å². The molecule has 0 bridgehead atoms. The predicted octanol–water partition coefficient (Wildman–Crippen LogP) is 2.29. The van der Waals surface area contributed by atoms with Gasteiger partial charge in [-0.15, -0.1) is 0 Å². The van der Waals surface area contributed by atoms with E-state index >= 15 is 0 Å². The summed E-state index contributed by atoms with van der Waals surface area (Å²) in [5, 5.41) is 3.22. The second-order valence-electron chi connectivity index (χ2n) is 8.46. The minimum Gasteiger partial charge on any atom is -0.342 e. The van der Waals surface area contributed by atoms with E-state index in [4.69, 9.17) is 0 Å². The average molecular weight is 365 g/mol. The van der Waals surface area contributed by atoms with Crippen molar-refractivity contribution in [2.75, 3.05) is 45.8 Å². The van der Waals surface area contributed by atoms with Gasteiger partial charge in [0.25, 0.3) is 0 Å². The second kappa shape index (κ2) is 9.58. The first kappa shape index (κ1) is 19.5. The molecule has 0 atom stereocenters. The molecule has 2 aliphatic heterocycles. The number of carbonyl (C=O) groups is 2. The van der Waals surface area contributed by atoms with Gasteiger partial charge in [0.15, 0.2) is 0 Å². The van der Waals surface area contributed by atoms with Crippen molar-refractivity contribution < 1.29 is 9.59 Å². The Bertz CT molecular complexity index is 460. The number of carbonyl (C=O) groups excluding carboxylic acids is 2. The van der Waals surface area contributed by atoms with Crippen molar-refractivity contribution in [2.45, 2.75) is 64.3 Å². The van der Waals surface area contributed by atoms with E-state index in [1.54, 1.807) is 0 Å². The van der Waals surface area contributed by atoms with Crippen LogP contribution in [-0.4, -0.2) is 78.5 Å². The summed E-state index contributed by atoms with van der Waals surface area (Å²) in [6.07, 6.45) is 9.43. The molecule has 0 aromatic heterocycles. The number of hydrogen-bond donors (Lipinski definition) is 1. The lowest BCUT2D eigenvalue weighted by Crippen LogP contribution is -2.55. The first-order chi connectivity index (χ1) is 12.6. The van der Waals surface area contributed by atoms with Crippen LogP contribution in [0.1, 0.15) is 58.3 Å². The van der Waals surface area contributed by atoms with Crippen molar-refractivity contribution in [2.24, 2.45) is 5.92 Å². The normalized spacial score (nSPS) is 28.5. The average Bonchev–Trinajstić information content (AvgIpc) is 2.94. The van der Waals surface area contributed by atoms with Crippen molar-refractivity contribution in [3.8, 4) is 0 Å². The van der Waals surface area contributed by atoms with E-state index in [9.17, 15) is 9.59 Å². The van der Waals surface area contributed by atoms with Gasteiger partial charge in [0.2, 0.25) is 5.91 Å². The van der Waals surface area contributed by atoms with E-state index in [2.05, 4.69) is 17.1 Å². The smallest absolute Gasteiger partial charge is 0.317 e. The van der Waals surface area contributed by atoms with Crippen LogP contribution in [0, 0.1) is 5.92 Å². The zero-order valence-corrected chi connectivity index (χ0v) is 16.4. The molecule has 1 aliphatic carbocycles. The Kier molecular flexibility index (Phi) is 7.17. The van der Waals surface area contributed by atoms with Crippen LogP contribution >= 0.6 is 0 Å². The van der Waals surface area contributed by atoms with Crippen LogP contribution in [0.4, 0.5) is 4.79 Å². The molecule has 26 heavy (non-hydrogen) atoms. The number of urea groups is 1. The van der Waals surface area contributed by atoms with E-state index < -0.39 is 0 Å². The van der Waals surface area contributed by atoms with Gasteiger partial charge in [-0.1, -0.05) is 19.8 Å². The highest BCUT2D eigenvalue weighted by atomic mass is 16.2. The summed E-state index contributed by atoms with van der Waals surface area (Å²) in [4.78, 5) is 31.2. The van der Waals surface area contributed by atoms with Gasteiger partial charge in [0.05, 0.1) is 6.54 Å². The zero-order chi connectivity index (χ0) is 18.4. The molecule has 3 amide bonds. The number of likely N-dealkylation sites (tertiary alicyclic amines) is 1. The summed E-state index contributed by atoms with van der Waals surface area (Å²) in [6.45, 7) is 7.69. The van der Waals surface area contributed by atoms with E-state index in [0.717, 1.165) is 70.9 Å². The van der Waals surface area contributed by atoms with Gasteiger partial charge in [-0.3, -0.25) is 9.69 Å². The second-order valence-corrected chi connectivity index (χ2v) is 8.46. The van der Waals surface area contributed by atoms with Gasteiger partial charge < -0.3 is 15.1 Å². The molecule has 0 spiro atoms. The van der Waals surface area contributed by atoms with Crippen LogP contribution in [0.5, 0.6) is 0 Å². The molecule has 2 saturated heterocycles. The maximum Gasteiger partial charge on any atom is 0.317 e. The fraction of sp³-hybridized carbons (Fsp3) is 0.900. The topological polar surface area (TPSA) is 55.9 Å². The quantitative estimate of drug-likeness (QED) is 0.836. The molecule has 3 fully saturated rings. The van der Waals surface area contributed by atoms with Crippen LogP contribution in [0.3, 0.4) is 0 Å². The molecule has 1 saturated carbocycles. The summed E-state index contributed by atoms with van der Waals surface area (Å²) in [5.41, 5.74) is 0. The Labute approximate surface area is 158 Å². The lowest BCUT2D eigenvalue weighted by atomic mass is 9.87. The zero-order valence-electron chi connectivity index (χ0n) is 16.4. The first-order valence-corrected chi connectivity index (χ1v) is 10.7. The van der Waals surface area contributed by atoms with Gasteiger partial charge in [0.1, 0.15) is 0 Å². The standard InChI is InChI=1S/C20H36N4O2/c1-17-6-8-18(9-7-17)21-20(26)24-14-12-22(13-15-24)16-19(25)23-10-4-2-3-5-11-23/h17-18H,2-16H2,1H3,(H,21,26). The number of rotatable bonds is 3. The third-order valence-corrected chi connectivity index (χ3v) is 6.32. The molecular weight excluding hydrogens is 328 g/mol. The summed E-state index contributed by atoms with van der Waals surface area (Å²) in [5.74, 6) is 1.06. The SMILES string of the molecule is CC1CCC(NC(=O)N2CCN(CC(=O)N3CCCCCC3)CC2)CC1. The largest absolute Gasteiger partial charge is 0.342 e. The predicted molar refractivity (Wildman–Crippen MR) is 103 cm³/mol. The number of nitrogens with zero attached hydrogens (tertiary/aromatic N) is 3. The van der Waals surface area contributed by atoms with E-state index in [1.165, 1.54) is 25.7 Å². The summed E-state index contributed by atoms with van der Waals surface area (Å²) in [6, 6.07) is 0.435. The molecule has 6 nitrogen and oxygen atoms in total. The van der Waals surface area contributed by atoms with Crippen LogP contribution in [0.15, 0.2) is 0 Å². The molecule has 148 valence electrons. The van der Waals surface area contributed by atoms with Gasteiger partial charge in [-0.25, -0.2) is 4.79 Å². The molecule has 0 aromatic rings. The maximum absolute atomic E-state index is 12.5. The van der Waals surface area contributed by atoms with E-state index in [1.807, 2.05) is 9.80 Å². The molecular formula is C20H36N4O2. The summed E-state index contributed by atoms with van der Waals surface area (Å²) < 4.78 is 0. The van der Waals surface area contributed by atoms with Crippen molar-refractivity contribution in [1.82, 2.24) is 20.0 Å². The van der Waals surface area contributed by atoms with Gasteiger partial charge in [-0.2, -0.15) is 0 Å². The molecule has 1 N–H and O–H groups in total. The Morgan fingerprint density at radius 2 is 1.42 bits per heavy atom. The highest BCUT2D eigenvalue weighted by molar-refractivity contribution is 5.78. The monoisotopic (exact) mass is 364 g/mol. The number of nitrogens with one attached hydrogen (secondary N) is 1. The van der Waals surface area contributed by atoms with Crippen LogP contribution in [0.2, 0.25) is 0 Å². The number of piperazine rings is 1. The Hall–Kier alpha value is -1.30. The molecule has 6 heteroatoms. The van der Waals surface area contributed by atoms with Gasteiger partial charge in [0, 0.05) is 45.3 Å². The lowest BCUT2D eigenvalue weighted by molar-refractivity contribution is -0.132. The third-order valence-electron chi connectivity index (χ3n) is 6.32. The number of amides is 3. The van der Waals surface area contributed by atoms with Crippen LogP contribution < -0.4 is 5.32 Å². The highest BCUT2D eigenvalue weighted by Gasteiger charge is 2.26. The molecule has 3 aliphatic rings. The Balaban J connectivity index is 1.36. The fourth-order valence-electron chi connectivity index (χ4n) is 4.39. The number of hydrogen-bond acceptors (Lipinski definition) is 3. The van der Waals surface area contributed by atoms with Crippen molar-refractivity contribution in [1.29, 1.82) is 0 Å². The minimum atomic E-state index is 0.0862. The first-order valence-electron chi connectivity index (χ1n) is 10.7. The molecule has 0 radical (unpaired) electrons. The van der Waals surface area contributed by atoms with E-state index in [0.29, 0.717) is 12.6 Å². The summed E-state index contributed by atoms with van der Waals surface area (Å²) >= 11 is 0. The van der Waals surface area contributed by atoms with Gasteiger partial charge in [-0.05, 0) is 44.4 Å². The fourth-order valence-corrected chi connectivity index (χ4v) is 4.39. The molecule has 3 rings (SSSR count). The lowest BCUT2D eigenvalue weighted by Gasteiger charge is -2.36. The Morgan fingerprint density at radius 3 is 2.04 bits per heavy atom. The Morgan fingerprint density at radius 1 is 0.808 bits per heavy atom. The maximum atomic E-state index is 12.5. The van der Waals surface area contributed by atoms with Crippen molar-refractivity contribution in [3.63, 3.8) is 0 Å². The van der Waals surface area contributed by atoms with Crippen LogP contribution in [-0.2, 0) is 4.79 Å². The minimum absolute atomic E-state index is 0.0862.